The third-order valence-corrected chi connectivity index (χ3v) is 4.44. The molecule has 4 nitrogen and oxygen atoms in total. The van der Waals surface area contributed by atoms with E-state index >= 15 is 0 Å². The molecule has 0 aliphatic rings. The molecule has 1 unspecified atom stereocenters. The number of aromatic nitrogens is 1. The van der Waals surface area contributed by atoms with E-state index in [1.54, 1.807) is 0 Å². The minimum Gasteiger partial charge on any atom is -0.480 e. The molecule has 0 spiro atoms. The third kappa shape index (κ3) is 2.83. The second-order valence-electron chi connectivity index (χ2n) is 3.29. The lowest BCUT2D eigenvalue weighted by Gasteiger charge is -2.04. The maximum atomic E-state index is 10.9. The molecule has 2 aromatic rings. The Morgan fingerprint density at radius 2 is 2.29 bits per heavy atom. The van der Waals surface area contributed by atoms with Crippen LogP contribution in [0.2, 0.25) is 0 Å². The van der Waals surface area contributed by atoms with Gasteiger partial charge in [0.25, 0.3) is 0 Å². The van der Waals surface area contributed by atoms with Crippen LogP contribution in [0.25, 0.3) is 10.2 Å². The molecule has 0 saturated carbocycles. The van der Waals surface area contributed by atoms with Crippen molar-refractivity contribution in [2.75, 3.05) is 0 Å². The van der Waals surface area contributed by atoms with Crippen LogP contribution in [0.3, 0.4) is 0 Å². The van der Waals surface area contributed by atoms with Gasteiger partial charge in [-0.3, -0.25) is 4.79 Å². The minimum atomic E-state index is -0.985. The highest BCUT2D eigenvalue weighted by Crippen LogP contribution is 2.32. The number of carbonyl (C=O) groups excluding carboxylic acids is 1. The van der Waals surface area contributed by atoms with Gasteiger partial charge in [0.2, 0.25) is 0 Å². The lowest BCUT2D eigenvalue weighted by molar-refractivity contribution is -0.137. The Bertz CT molecular complexity index is 519. The predicted molar refractivity (Wildman–Crippen MR) is 67.6 cm³/mol. The Morgan fingerprint density at radius 3 is 2.94 bits per heavy atom. The van der Waals surface area contributed by atoms with Crippen LogP contribution in [-0.4, -0.2) is 27.6 Å². The van der Waals surface area contributed by atoms with Crippen molar-refractivity contribution in [3.63, 3.8) is 0 Å². The number of rotatable bonds is 5. The molecule has 17 heavy (non-hydrogen) atoms. The molecular weight excluding hydrogens is 258 g/mol. The highest BCUT2D eigenvalue weighted by atomic mass is 32.2. The van der Waals surface area contributed by atoms with Crippen LogP contribution in [0.15, 0.2) is 28.6 Å². The summed E-state index contributed by atoms with van der Waals surface area (Å²) in [5, 5.41) is 8.18. The van der Waals surface area contributed by atoms with Gasteiger partial charge in [0.15, 0.2) is 4.34 Å². The molecule has 0 aliphatic carbocycles. The number of nitrogens with zero attached hydrogens (tertiary/aromatic N) is 1. The number of carboxylic acids is 1. The molecule has 0 radical (unpaired) electrons. The molecule has 2 rings (SSSR count). The number of aldehydes is 1. The van der Waals surface area contributed by atoms with Crippen LogP contribution < -0.4 is 0 Å². The van der Waals surface area contributed by atoms with Gasteiger partial charge in [-0.05, 0) is 12.1 Å². The SMILES string of the molecule is O=CCC(Sc1nc2ccccc2s1)C(=O)O. The Kier molecular flexibility index (Phi) is 3.75. The molecule has 0 bridgehead atoms. The normalized spacial score (nSPS) is 12.5. The molecule has 0 fully saturated rings. The van der Waals surface area contributed by atoms with E-state index in [-0.39, 0.29) is 6.42 Å². The summed E-state index contributed by atoms with van der Waals surface area (Å²) in [5.41, 5.74) is 0.857. The van der Waals surface area contributed by atoms with Crippen molar-refractivity contribution >= 4 is 45.6 Å². The van der Waals surface area contributed by atoms with Crippen molar-refractivity contribution in [1.82, 2.24) is 4.98 Å². The standard InChI is InChI=1S/C11H9NO3S2/c13-6-5-9(10(14)15)17-11-12-7-3-1-2-4-8(7)16-11/h1-4,6,9H,5H2,(H,14,15). The summed E-state index contributed by atoms with van der Waals surface area (Å²) in [5.74, 6) is -0.985. The van der Waals surface area contributed by atoms with Gasteiger partial charge in [-0.25, -0.2) is 4.98 Å². The summed E-state index contributed by atoms with van der Waals surface area (Å²) in [6.45, 7) is 0. The number of carboxylic acid groups (broad SMARTS) is 1. The molecule has 1 aromatic heterocycles. The van der Waals surface area contributed by atoms with Crippen molar-refractivity contribution in [1.29, 1.82) is 0 Å². The fourth-order valence-corrected chi connectivity index (χ4v) is 3.49. The average Bonchev–Trinajstić information content (AvgIpc) is 2.70. The molecule has 6 heteroatoms. The van der Waals surface area contributed by atoms with E-state index in [1.165, 1.54) is 11.3 Å². The molecule has 0 aliphatic heterocycles. The summed E-state index contributed by atoms with van der Waals surface area (Å²) in [6, 6.07) is 7.61. The van der Waals surface area contributed by atoms with Gasteiger partial charge in [0.05, 0.1) is 10.2 Å². The van der Waals surface area contributed by atoms with Crippen LogP contribution in [-0.2, 0) is 9.59 Å². The molecule has 88 valence electrons. The van der Waals surface area contributed by atoms with Gasteiger partial charge >= 0.3 is 5.97 Å². The molecule has 1 atom stereocenters. The monoisotopic (exact) mass is 267 g/mol. The first-order valence-corrected chi connectivity index (χ1v) is 6.59. The van der Waals surface area contributed by atoms with Gasteiger partial charge < -0.3 is 9.90 Å². The highest BCUT2D eigenvalue weighted by Gasteiger charge is 2.20. The lowest BCUT2D eigenvalue weighted by Crippen LogP contribution is -2.16. The quantitative estimate of drug-likeness (QED) is 0.665. The minimum absolute atomic E-state index is 0.00404. The second kappa shape index (κ2) is 5.29. The van der Waals surface area contributed by atoms with Crippen LogP contribution in [0.1, 0.15) is 6.42 Å². The first-order valence-electron chi connectivity index (χ1n) is 4.89. The zero-order valence-corrected chi connectivity index (χ0v) is 10.3. The summed E-state index contributed by atoms with van der Waals surface area (Å²) in [7, 11) is 0. The summed E-state index contributed by atoms with van der Waals surface area (Å²) < 4.78 is 1.70. The van der Waals surface area contributed by atoms with Crippen molar-refractivity contribution in [2.24, 2.45) is 0 Å². The van der Waals surface area contributed by atoms with E-state index in [2.05, 4.69) is 4.98 Å². The Balaban J connectivity index is 2.21. The van der Waals surface area contributed by atoms with Crippen molar-refractivity contribution in [3.05, 3.63) is 24.3 Å². The number of thiazole rings is 1. The average molecular weight is 267 g/mol. The number of carbonyl (C=O) groups is 2. The van der Waals surface area contributed by atoms with Crippen LogP contribution in [0.4, 0.5) is 0 Å². The fourth-order valence-electron chi connectivity index (χ4n) is 1.31. The number of hydrogen-bond donors (Lipinski definition) is 1. The van der Waals surface area contributed by atoms with Crippen LogP contribution in [0, 0.1) is 0 Å². The van der Waals surface area contributed by atoms with Gasteiger partial charge in [-0.2, -0.15) is 0 Å². The van der Waals surface area contributed by atoms with Crippen molar-refractivity contribution in [3.8, 4) is 0 Å². The van der Waals surface area contributed by atoms with Crippen LogP contribution >= 0.6 is 23.1 Å². The van der Waals surface area contributed by atoms with Crippen molar-refractivity contribution < 1.29 is 14.7 Å². The topological polar surface area (TPSA) is 67.3 Å². The molecule has 1 aromatic carbocycles. The van der Waals surface area contributed by atoms with E-state index < -0.39 is 11.2 Å². The largest absolute Gasteiger partial charge is 0.480 e. The first kappa shape index (κ1) is 12.1. The number of thioether (sulfide) groups is 1. The number of benzene rings is 1. The predicted octanol–water partition coefficient (Wildman–Crippen LogP) is 2.43. The highest BCUT2D eigenvalue weighted by molar-refractivity contribution is 8.02. The van der Waals surface area contributed by atoms with Gasteiger partial charge in [-0.1, -0.05) is 23.9 Å². The summed E-state index contributed by atoms with van der Waals surface area (Å²) in [4.78, 5) is 25.6. The summed E-state index contributed by atoms with van der Waals surface area (Å²) >= 11 is 2.57. The van der Waals surface area contributed by atoms with Gasteiger partial charge in [-0.15, -0.1) is 11.3 Å². The van der Waals surface area contributed by atoms with Crippen LogP contribution in [0.5, 0.6) is 0 Å². The zero-order valence-electron chi connectivity index (χ0n) is 8.70. The first-order chi connectivity index (χ1) is 8.20. The molecular formula is C11H9NO3S2. The van der Waals surface area contributed by atoms with E-state index in [0.717, 1.165) is 22.0 Å². The number of aliphatic carboxylic acids is 1. The van der Waals surface area contributed by atoms with E-state index in [1.807, 2.05) is 24.3 Å². The number of hydrogen-bond acceptors (Lipinski definition) is 5. The van der Waals surface area contributed by atoms with Crippen molar-refractivity contribution in [2.45, 2.75) is 16.0 Å². The smallest absolute Gasteiger partial charge is 0.317 e. The van der Waals surface area contributed by atoms with E-state index in [9.17, 15) is 9.59 Å². The summed E-state index contributed by atoms with van der Waals surface area (Å²) in [6.07, 6.45) is 0.620. The second-order valence-corrected chi connectivity index (χ2v) is 5.78. The van der Waals surface area contributed by atoms with Gasteiger partial charge in [0, 0.05) is 6.42 Å². The Hall–Kier alpha value is -1.40. The molecule has 1 N–H and O–H groups in total. The van der Waals surface area contributed by atoms with E-state index in [0.29, 0.717) is 10.6 Å². The fraction of sp³-hybridized carbons (Fsp3) is 0.182. The van der Waals surface area contributed by atoms with Gasteiger partial charge in [0.1, 0.15) is 11.5 Å². The third-order valence-electron chi connectivity index (χ3n) is 2.10. The molecule has 0 amide bonds. The molecule has 0 saturated heterocycles. The molecule has 1 heterocycles. The zero-order chi connectivity index (χ0) is 12.3. The maximum absolute atomic E-state index is 10.9. The Morgan fingerprint density at radius 1 is 1.53 bits per heavy atom. The number of para-hydroxylation sites is 1. The van der Waals surface area contributed by atoms with E-state index in [4.69, 9.17) is 5.11 Å². The lowest BCUT2D eigenvalue weighted by atomic mass is 10.3. The number of fused-ring (bicyclic) bond motifs is 1. The maximum Gasteiger partial charge on any atom is 0.317 e. The Labute approximate surface area is 106 Å².